The third kappa shape index (κ3) is 5.23. The van der Waals surface area contributed by atoms with E-state index in [9.17, 15) is 9.90 Å². The van der Waals surface area contributed by atoms with Crippen molar-refractivity contribution in [1.82, 2.24) is 29.5 Å². The van der Waals surface area contributed by atoms with Crippen molar-refractivity contribution in [2.75, 3.05) is 43.4 Å². The molecule has 2 aliphatic heterocycles. The molecule has 2 aliphatic rings. The molecule has 0 radical (unpaired) electrons. The Bertz CT molecular complexity index is 1190. The second-order valence-electron chi connectivity index (χ2n) is 9.60. The van der Waals surface area contributed by atoms with E-state index >= 15 is 0 Å². The Hall–Kier alpha value is -3.24. The number of anilines is 2. The molecule has 0 spiro atoms. The predicted octanol–water partition coefficient (Wildman–Crippen LogP) is 1.62. The van der Waals surface area contributed by atoms with E-state index in [-0.39, 0.29) is 11.9 Å². The predicted molar refractivity (Wildman–Crippen MR) is 135 cm³/mol. The fraction of sp³-hybridized carbons (Fsp3) is 0.520. The molecule has 0 saturated carbocycles. The molecule has 1 atom stereocenters. The third-order valence-electron chi connectivity index (χ3n) is 7.09. The number of carbonyl (C=O) groups is 1. The van der Waals surface area contributed by atoms with E-state index in [1.165, 1.54) is 11.1 Å². The summed E-state index contributed by atoms with van der Waals surface area (Å²) in [6, 6.07) is 8.77. The van der Waals surface area contributed by atoms with Gasteiger partial charge in [-0.15, -0.1) is 0 Å². The number of aliphatic hydroxyl groups excluding tert-OH is 1. The first-order valence-electron chi connectivity index (χ1n) is 12.4. The number of nitrogens with one attached hydrogen (secondary N) is 2. The summed E-state index contributed by atoms with van der Waals surface area (Å²) in [5.41, 5.74) is 4.31. The lowest BCUT2D eigenvalue weighted by molar-refractivity contribution is -0.129. The van der Waals surface area contributed by atoms with E-state index in [1.807, 2.05) is 11.9 Å². The Labute approximate surface area is 205 Å². The molecule has 10 nitrogen and oxygen atoms in total. The number of aromatic nitrogens is 4. The lowest BCUT2D eigenvalue weighted by Gasteiger charge is -2.32. The molecule has 1 amide bonds. The van der Waals surface area contributed by atoms with Gasteiger partial charge in [-0.25, -0.2) is 9.97 Å². The van der Waals surface area contributed by atoms with E-state index in [1.54, 1.807) is 17.9 Å². The molecule has 1 aromatic carbocycles. The number of β-amino-alcohol motifs (C(OH)–C–C–N with tert-alkyl or cyclic N) is 1. The van der Waals surface area contributed by atoms with Crippen molar-refractivity contribution in [3.05, 3.63) is 41.7 Å². The lowest BCUT2D eigenvalue weighted by Crippen LogP contribution is -2.41. The molecule has 0 aliphatic carbocycles. The van der Waals surface area contributed by atoms with Crippen molar-refractivity contribution >= 4 is 28.6 Å². The monoisotopic (exact) mass is 478 g/mol. The van der Waals surface area contributed by atoms with Crippen LogP contribution in [0.5, 0.6) is 0 Å². The summed E-state index contributed by atoms with van der Waals surface area (Å²) in [6.07, 6.45) is 3.79. The molecule has 0 unspecified atom stereocenters. The van der Waals surface area contributed by atoms with Crippen LogP contribution < -0.4 is 10.6 Å². The molecule has 186 valence electrons. The van der Waals surface area contributed by atoms with Crippen molar-refractivity contribution in [3.63, 3.8) is 0 Å². The molecule has 1 saturated heterocycles. The molecule has 3 aromatic rings. The number of piperidine rings is 1. The van der Waals surface area contributed by atoms with E-state index in [2.05, 4.69) is 54.9 Å². The molecule has 5 rings (SSSR count). The molecule has 35 heavy (non-hydrogen) atoms. The summed E-state index contributed by atoms with van der Waals surface area (Å²) in [5, 5.41) is 22.1. The van der Waals surface area contributed by atoms with Gasteiger partial charge in [0, 0.05) is 59.3 Å². The van der Waals surface area contributed by atoms with Crippen LogP contribution in [0.15, 0.2) is 30.6 Å². The number of carbonyl (C=O) groups excluding carboxylic acids is 1. The minimum atomic E-state index is -0.525. The Morgan fingerprint density at radius 3 is 2.69 bits per heavy atom. The normalized spacial score (nSPS) is 17.9. The van der Waals surface area contributed by atoms with Crippen LogP contribution in [-0.2, 0) is 24.8 Å². The van der Waals surface area contributed by atoms with Gasteiger partial charge < -0.3 is 20.6 Å². The summed E-state index contributed by atoms with van der Waals surface area (Å²) in [4.78, 5) is 24.7. The first-order chi connectivity index (χ1) is 17.0. The Balaban J connectivity index is 1.20. The number of nitrogens with zero attached hydrogens (tertiary/aromatic N) is 6. The van der Waals surface area contributed by atoms with Crippen LogP contribution in [0.1, 0.15) is 30.9 Å². The lowest BCUT2D eigenvalue weighted by atomic mass is 10.00. The van der Waals surface area contributed by atoms with Crippen LogP contribution in [0.4, 0.5) is 11.6 Å². The number of fused-ring (bicyclic) bond motifs is 2. The maximum absolute atomic E-state index is 11.6. The second-order valence-corrected chi connectivity index (χ2v) is 9.60. The van der Waals surface area contributed by atoms with Gasteiger partial charge in [-0.2, -0.15) is 5.10 Å². The molecule has 0 bridgehead atoms. The first-order valence-corrected chi connectivity index (χ1v) is 12.4. The second kappa shape index (κ2) is 10.2. The highest BCUT2D eigenvalue weighted by Gasteiger charge is 2.23. The van der Waals surface area contributed by atoms with Gasteiger partial charge in [0.2, 0.25) is 5.91 Å². The highest BCUT2D eigenvalue weighted by atomic mass is 16.3. The highest BCUT2D eigenvalue weighted by Crippen LogP contribution is 2.27. The molecular weight excluding hydrogens is 444 g/mol. The van der Waals surface area contributed by atoms with E-state index in [4.69, 9.17) is 0 Å². The van der Waals surface area contributed by atoms with E-state index in [0.717, 1.165) is 62.3 Å². The summed E-state index contributed by atoms with van der Waals surface area (Å²) in [5.74, 6) is 1.51. The zero-order valence-electron chi connectivity index (χ0n) is 20.4. The molecule has 1 fully saturated rings. The van der Waals surface area contributed by atoms with Gasteiger partial charge in [0.05, 0.1) is 6.10 Å². The van der Waals surface area contributed by atoms with Crippen LogP contribution >= 0.6 is 0 Å². The minimum absolute atomic E-state index is 0.127. The SMILES string of the molecule is CC(=O)N1CCC(Nc2ncnc3c(NC[C@H](O)CN4CCc5ccccc5C4)nn(C)c23)CC1. The smallest absolute Gasteiger partial charge is 0.219 e. The third-order valence-corrected chi connectivity index (χ3v) is 7.09. The number of aliphatic hydroxyl groups is 1. The summed E-state index contributed by atoms with van der Waals surface area (Å²) in [6.45, 7) is 5.93. The van der Waals surface area contributed by atoms with Gasteiger partial charge in [-0.3, -0.25) is 14.4 Å². The topological polar surface area (TPSA) is 111 Å². The number of likely N-dealkylation sites (tertiary alicyclic amines) is 1. The number of hydrogen-bond donors (Lipinski definition) is 3. The average Bonchev–Trinajstić information content (AvgIpc) is 3.19. The van der Waals surface area contributed by atoms with Crippen LogP contribution in [0, 0.1) is 0 Å². The van der Waals surface area contributed by atoms with Gasteiger partial charge in [0.1, 0.15) is 17.4 Å². The Kier molecular flexibility index (Phi) is 6.83. The fourth-order valence-electron chi connectivity index (χ4n) is 5.15. The van der Waals surface area contributed by atoms with Crippen molar-refractivity contribution < 1.29 is 9.90 Å². The van der Waals surface area contributed by atoms with Gasteiger partial charge in [0.25, 0.3) is 0 Å². The van der Waals surface area contributed by atoms with Gasteiger partial charge >= 0.3 is 0 Å². The van der Waals surface area contributed by atoms with Crippen molar-refractivity contribution in [1.29, 1.82) is 0 Å². The molecule has 3 N–H and O–H groups in total. The van der Waals surface area contributed by atoms with Crippen LogP contribution in [0.3, 0.4) is 0 Å². The maximum Gasteiger partial charge on any atom is 0.219 e. The first kappa shape index (κ1) is 23.5. The van der Waals surface area contributed by atoms with E-state index < -0.39 is 6.10 Å². The summed E-state index contributed by atoms with van der Waals surface area (Å²) >= 11 is 0. The van der Waals surface area contributed by atoms with Crippen molar-refractivity contribution in [3.8, 4) is 0 Å². The number of hydrogen-bond acceptors (Lipinski definition) is 8. The number of benzene rings is 1. The van der Waals surface area contributed by atoms with E-state index in [0.29, 0.717) is 18.9 Å². The molecule has 10 heteroatoms. The molecular formula is C25H34N8O2. The van der Waals surface area contributed by atoms with Crippen LogP contribution in [-0.4, -0.2) is 85.4 Å². The maximum atomic E-state index is 11.6. The number of aryl methyl sites for hydroxylation is 1. The van der Waals surface area contributed by atoms with Gasteiger partial charge in [-0.05, 0) is 30.4 Å². The quantitative estimate of drug-likeness (QED) is 0.470. The van der Waals surface area contributed by atoms with Crippen LogP contribution in [0.25, 0.3) is 11.0 Å². The number of amides is 1. The van der Waals surface area contributed by atoms with Crippen molar-refractivity contribution in [2.24, 2.45) is 7.05 Å². The zero-order chi connectivity index (χ0) is 24.4. The summed E-state index contributed by atoms with van der Waals surface area (Å²) < 4.78 is 1.78. The minimum Gasteiger partial charge on any atom is -0.390 e. The largest absolute Gasteiger partial charge is 0.390 e. The zero-order valence-corrected chi connectivity index (χ0v) is 20.4. The molecule has 2 aromatic heterocycles. The molecule has 4 heterocycles. The van der Waals surface area contributed by atoms with Gasteiger partial charge in [-0.1, -0.05) is 24.3 Å². The standard InChI is InChI=1S/C25H34N8O2/c1-17(34)33-11-8-20(9-12-33)29-25-23-22(27-16-28-25)24(30-31(23)2)26-13-21(35)15-32-10-7-18-5-3-4-6-19(18)14-32/h3-6,16,20-21,35H,7-15H2,1-2H3,(H,26,30)(H,27,28,29)/t21-/m0/s1. The van der Waals surface area contributed by atoms with Crippen molar-refractivity contribution in [2.45, 2.75) is 44.9 Å². The fourth-order valence-corrected chi connectivity index (χ4v) is 5.15. The Morgan fingerprint density at radius 2 is 1.91 bits per heavy atom. The van der Waals surface area contributed by atoms with Gasteiger partial charge in [0.15, 0.2) is 11.6 Å². The summed E-state index contributed by atoms with van der Waals surface area (Å²) in [7, 11) is 1.88. The Morgan fingerprint density at radius 1 is 1.14 bits per heavy atom. The van der Waals surface area contributed by atoms with Crippen LogP contribution in [0.2, 0.25) is 0 Å². The average molecular weight is 479 g/mol. The highest BCUT2D eigenvalue weighted by molar-refractivity contribution is 5.93. The number of rotatable bonds is 7.